The van der Waals surface area contributed by atoms with Crippen molar-refractivity contribution in [1.29, 1.82) is 0 Å². The SMILES string of the molecule is CC(C)(C)OC(=O)N1CCC[C@H]1c1nc2c(oc3ccc(Br)cc32)c(=O)[nH]1. The fraction of sp³-hybridized carbons (Fsp3) is 0.421. The van der Waals surface area contributed by atoms with E-state index in [-0.39, 0.29) is 17.2 Å². The first-order chi connectivity index (χ1) is 12.7. The number of nitrogens with one attached hydrogen (secondary N) is 1. The van der Waals surface area contributed by atoms with Crippen LogP contribution in [0.1, 0.15) is 45.5 Å². The summed E-state index contributed by atoms with van der Waals surface area (Å²) < 4.78 is 12.0. The van der Waals surface area contributed by atoms with Crippen molar-refractivity contribution < 1.29 is 13.9 Å². The number of hydrogen-bond donors (Lipinski definition) is 1. The fourth-order valence-electron chi connectivity index (χ4n) is 3.39. The molecule has 1 fully saturated rings. The highest BCUT2D eigenvalue weighted by Gasteiger charge is 2.35. The molecule has 7 nitrogen and oxygen atoms in total. The molecule has 3 heterocycles. The van der Waals surface area contributed by atoms with Crippen molar-refractivity contribution in [1.82, 2.24) is 14.9 Å². The number of carbonyl (C=O) groups excluding carboxylic acids is 1. The van der Waals surface area contributed by atoms with Gasteiger partial charge in [-0.2, -0.15) is 0 Å². The Morgan fingerprint density at radius 3 is 2.93 bits per heavy atom. The highest BCUT2D eigenvalue weighted by Crippen LogP contribution is 2.33. The Labute approximate surface area is 163 Å². The molecule has 27 heavy (non-hydrogen) atoms. The molecule has 2 aromatic heterocycles. The highest BCUT2D eigenvalue weighted by molar-refractivity contribution is 9.10. The van der Waals surface area contributed by atoms with Gasteiger partial charge in [0.15, 0.2) is 0 Å². The lowest BCUT2D eigenvalue weighted by molar-refractivity contribution is 0.0218. The Morgan fingerprint density at radius 2 is 2.19 bits per heavy atom. The molecule has 1 aliphatic heterocycles. The molecule has 142 valence electrons. The van der Waals surface area contributed by atoms with E-state index in [1.54, 1.807) is 11.0 Å². The van der Waals surface area contributed by atoms with E-state index in [2.05, 4.69) is 25.9 Å². The third-order valence-corrected chi connectivity index (χ3v) is 4.99. The summed E-state index contributed by atoms with van der Waals surface area (Å²) >= 11 is 3.44. The van der Waals surface area contributed by atoms with Gasteiger partial charge in [-0.15, -0.1) is 0 Å². The maximum atomic E-state index is 12.6. The Balaban J connectivity index is 1.79. The standard InChI is InChI=1S/C19H20BrN3O4/c1-19(2,3)27-18(25)23-8-4-5-12(23)16-21-14-11-9-10(20)6-7-13(11)26-15(14)17(24)22-16/h6-7,9,12H,4-5,8H2,1-3H3,(H,21,22,24)/t12-/m0/s1. The predicted octanol–water partition coefficient (Wildman–Crippen LogP) is 4.50. The van der Waals surface area contributed by atoms with E-state index in [1.807, 2.05) is 32.9 Å². The van der Waals surface area contributed by atoms with E-state index < -0.39 is 11.7 Å². The number of aromatic amines is 1. The molecule has 0 bridgehead atoms. The zero-order valence-electron chi connectivity index (χ0n) is 15.3. The topological polar surface area (TPSA) is 88.4 Å². The number of furan rings is 1. The second-order valence-corrected chi connectivity index (χ2v) is 8.62. The number of fused-ring (bicyclic) bond motifs is 3. The number of nitrogens with zero attached hydrogens (tertiary/aromatic N) is 2. The van der Waals surface area contributed by atoms with Gasteiger partial charge in [-0.25, -0.2) is 9.78 Å². The molecular weight excluding hydrogens is 414 g/mol. The molecule has 1 saturated heterocycles. The van der Waals surface area contributed by atoms with E-state index in [9.17, 15) is 9.59 Å². The van der Waals surface area contributed by atoms with Gasteiger partial charge in [-0.1, -0.05) is 15.9 Å². The van der Waals surface area contributed by atoms with Gasteiger partial charge in [-0.05, 0) is 51.8 Å². The fourth-order valence-corrected chi connectivity index (χ4v) is 3.75. The van der Waals surface area contributed by atoms with Crippen LogP contribution in [0.15, 0.2) is 31.9 Å². The van der Waals surface area contributed by atoms with Gasteiger partial charge < -0.3 is 14.1 Å². The molecule has 0 saturated carbocycles. The third kappa shape index (κ3) is 3.34. The van der Waals surface area contributed by atoms with E-state index in [1.165, 1.54) is 0 Å². The normalized spacial score (nSPS) is 17.8. The zero-order chi connectivity index (χ0) is 19.3. The number of aromatic nitrogens is 2. The summed E-state index contributed by atoms with van der Waals surface area (Å²) in [4.78, 5) is 34.2. The lowest BCUT2D eigenvalue weighted by Crippen LogP contribution is -2.37. The molecule has 0 spiro atoms. The summed E-state index contributed by atoms with van der Waals surface area (Å²) in [6.45, 7) is 6.06. The largest absolute Gasteiger partial charge is 0.449 e. The second-order valence-electron chi connectivity index (χ2n) is 7.70. The first kappa shape index (κ1) is 18.0. The zero-order valence-corrected chi connectivity index (χ0v) is 16.9. The van der Waals surface area contributed by atoms with Gasteiger partial charge in [0.25, 0.3) is 5.56 Å². The summed E-state index contributed by atoms with van der Waals surface area (Å²) in [7, 11) is 0. The number of H-pyrrole nitrogens is 1. The number of rotatable bonds is 1. The van der Waals surface area contributed by atoms with Crippen LogP contribution in [-0.2, 0) is 4.74 Å². The number of halogens is 1. The Morgan fingerprint density at radius 1 is 1.41 bits per heavy atom. The van der Waals surface area contributed by atoms with Crippen LogP contribution in [0.5, 0.6) is 0 Å². The lowest BCUT2D eigenvalue weighted by Gasteiger charge is -2.28. The Kier molecular flexibility index (Phi) is 4.25. The van der Waals surface area contributed by atoms with Crippen molar-refractivity contribution in [2.75, 3.05) is 6.54 Å². The van der Waals surface area contributed by atoms with Crippen LogP contribution in [0.25, 0.3) is 22.1 Å². The van der Waals surface area contributed by atoms with Crippen LogP contribution in [-0.4, -0.2) is 33.1 Å². The molecule has 3 aromatic rings. The molecular formula is C19H20BrN3O4. The van der Waals surface area contributed by atoms with Crippen molar-refractivity contribution in [3.63, 3.8) is 0 Å². The van der Waals surface area contributed by atoms with Crippen molar-refractivity contribution >= 4 is 44.1 Å². The Bertz CT molecular complexity index is 1100. The average molecular weight is 434 g/mol. The van der Waals surface area contributed by atoms with Crippen LogP contribution >= 0.6 is 15.9 Å². The molecule has 0 radical (unpaired) electrons. The van der Waals surface area contributed by atoms with Gasteiger partial charge >= 0.3 is 6.09 Å². The molecule has 1 aliphatic rings. The van der Waals surface area contributed by atoms with Crippen LogP contribution in [0, 0.1) is 0 Å². The van der Waals surface area contributed by atoms with Crippen molar-refractivity contribution in [3.05, 3.63) is 38.9 Å². The summed E-state index contributed by atoms with van der Waals surface area (Å²) in [5.74, 6) is 0.457. The summed E-state index contributed by atoms with van der Waals surface area (Å²) in [5, 5.41) is 0.758. The predicted molar refractivity (Wildman–Crippen MR) is 105 cm³/mol. The maximum absolute atomic E-state index is 12.6. The van der Waals surface area contributed by atoms with E-state index >= 15 is 0 Å². The number of likely N-dealkylation sites (tertiary alicyclic amines) is 1. The van der Waals surface area contributed by atoms with Crippen molar-refractivity contribution in [2.45, 2.75) is 45.3 Å². The quantitative estimate of drug-likeness (QED) is 0.609. The van der Waals surface area contributed by atoms with Crippen LogP contribution in [0.3, 0.4) is 0 Å². The summed E-state index contributed by atoms with van der Waals surface area (Å²) in [5.41, 5.74) is 0.356. The number of hydrogen-bond acceptors (Lipinski definition) is 5. The summed E-state index contributed by atoms with van der Waals surface area (Å²) in [6, 6.07) is 5.19. The van der Waals surface area contributed by atoms with Crippen molar-refractivity contribution in [3.8, 4) is 0 Å². The molecule has 1 atom stereocenters. The number of carbonyl (C=O) groups is 1. The van der Waals surface area contributed by atoms with Gasteiger partial charge in [0.2, 0.25) is 5.58 Å². The van der Waals surface area contributed by atoms with Gasteiger partial charge in [-0.3, -0.25) is 9.69 Å². The second kappa shape index (κ2) is 6.37. The third-order valence-electron chi connectivity index (χ3n) is 4.50. The monoisotopic (exact) mass is 433 g/mol. The highest BCUT2D eigenvalue weighted by atomic mass is 79.9. The first-order valence-corrected chi connectivity index (χ1v) is 9.64. The molecule has 1 N–H and O–H groups in total. The molecule has 1 aromatic carbocycles. The maximum Gasteiger partial charge on any atom is 0.410 e. The molecule has 8 heteroatoms. The molecule has 4 rings (SSSR count). The smallest absolute Gasteiger partial charge is 0.410 e. The minimum absolute atomic E-state index is 0.189. The minimum atomic E-state index is -0.581. The number of amides is 1. The minimum Gasteiger partial charge on any atom is -0.449 e. The van der Waals surface area contributed by atoms with Gasteiger partial charge in [0.1, 0.15) is 22.5 Å². The molecule has 0 unspecified atom stereocenters. The first-order valence-electron chi connectivity index (χ1n) is 8.84. The summed E-state index contributed by atoms with van der Waals surface area (Å²) in [6.07, 6.45) is 1.14. The lowest BCUT2D eigenvalue weighted by atomic mass is 10.2. The average Bonchev–Trinajstić information content (AvgIpc) is 3.18. The molecule has 0 aliphatic carbocycles. The van der Waals surface area contributed by atoms with E-state index in [4.69, 9.17) is 9.15 Å². The van der Waals surface area contributed by atoms with Crippen LogP contribution < -0.4 is 5.56 Å². The van der Waals surface area contributed by atoms with Crippen LogP contribution in [0.2, 0.25) is 0 Å². The Hall–Kier alpha value is -2.35. The molecule has 1 amide bonds. The van der Waals surface area contributed by atoms with Gasteiger partial charge in [0.05, 0.1) is 6.04 Å². The van der Waals surface area contributed by atoms with E-state index in [0.29, 0.717) is 29.9 Å². The van der Waals surface area contributed by atoms with E-state index in [0.717, 1.165) is 16.3 Å². The van der Waals surface area contributed by atoms with Crippen molar-refractivity contribution in [2.24, 2.45) is 0 Å². The number of ether oxygens (including phenoxy) is 1. The number of benzene rings is 1. The van der Waals surface area contributed by atoms with Crippen LogP contribution in [0.4, 0.5) is 4.79 Å². The van der Waals surface area contributed by atoms with Gasteiger partial charge in [0, 0.05) is 16.4 Å².